The summed E-state index contributed by atoms with van der Waals surface area (Å²) in [6.07, 6.45) is 1.72. The van der Waals surface area contributed by atoms with Gasteiger partial charge < -0.3 is 4.74 Å². The van der Waals surface area contributed by atoms with Gasteiger partial charge >= 0.3 is 5.97 Å². The Morgan fingerprint density at radius 3 is 2.44 bits per heavy atom. The second-order valence-electron chi connectivity index (χ2n) is 6.62. The number of carbonyl (C=O) groups is 2. The van der Waals surface area contributed by atoms with Gasteiger partial charge in [-0.15, -0.1) is 0 Å². The maximum Gasteiger partial charge on any atom is 0.343 e. The van der Waals surface area contributed by atoms with E-state index in [0.717, 1.165) is 11.6 Å². The van der Waals surface area contributed by atoms with Crippen LogP contribution in [0.2, 0.25) is 0 Å². The summed E-state index contributed by atoms with van der Waals surface area (Å²) in [5.41, 5.74) is 1.32. The number of esters is 1. The van der Waals surface area contributed by atoms with Crippen LogP contribution in [0.3, 0.4) is 0 Å². The summed E-state index contributed by atoms with van der Waals surface area (Å²) >= 11 is 6.58. The lowest BCUT2D eigenvalue weighted by Crippen LogP contribution is -2.27. The van der Waals surface area contributed by atoms with Gasteiger partial charge in [-0.2, -0.15) is 0 Å². The van der Waals surface area contributed by atoms with Crippen molar-refractivity contribution in [2.75, 3.05) is 4.90 Å². The molecule has 0 atom stereocenters. The fourth-order valence-electron chi connectivity index (χ4n) is 2.96. The molecule has 0 saturated carbocycles. The Morgan fingerprint density at radius 2 is 1.75 bits per heavy atom. The Hall–Kier alpha value is -3.82. The Bertz CT molecular complexity index is 1260. The summed E-state index contributed by atoms with van der Waals surface area (Å²) in [6, 6.07) is 21.1. The number of carbonyl (C=O) groups excluding carboxylic acids is 2. The molecule has 0 radical (unpaired) electrons. The van der Waals surface area contributed by atoms with Crippen molar-refractivity contribution in [3.63, 3.8) is 0 Å². The number of non-ortho nitro benzene ring substituents is 1. The molecule has 4 rings (SSSR count). The number of thiocarbonyl (C=S) groups is 1. The molecule has 0 aromatic heterocycles. The highest BCUT2D eigenvalue weighted by atomic mass is 32.2. The number of nitro benzene ring substituents is 1. The highest BCUT2D eigenvalue weighted by Gasteiger charge is 2.33. The predicted octanol–water partition coefficient (Wildman–Crippen LogP) is 5.22. The molecule has 9 heteroatoms. The van der Waals surface area contributed by atoms with Crippen LogP contribution >= 0.6 is 24.0 Å². The number of rotatable bonds is 5. The number of thioether (sulfide) groups is 1. The molecular weight excluding hydrogens is 448 g/mol. The largest absolute Gasteiger partial charge is 0.423 e. The highest BCUT2D eigenvalue weighted by molar-refractivity contribution is 8.27. The molecule has 3 aromatic rings. The van der Waals surface area contributed by atoms with Gasteiger partial charge in [-0.1, -0.05) is 60.4 Å². The van der Waals surface area contributed by atoms with Gasteiger partial charge in [0.05, 0.1) is 21.1 Å². The predicted molar refractivity (Wildman–Crippen MR) is 127 cm³/mol. The van der Waals surface area contributed by atoms with Crippen molar-refractivity contribution in [2.24, 2.45) is 0 Å². The quantitative estimate of drug-likeness (QED) is 0.128. The molecule has 1 saturated heterocycles. The third-order valence-corrected chi connectivity index (χ3v) is 5.79. The van der Waals surface area contributed by atoms with Crippen molar-refractivity contribution in [2.45, 2.75) is 0 Å². The lowest BCUT2D eigenvalue weighted by molar-refractivity contribution is -0.384. The van der Waals surface area contributed by atoms with Crippen LogP contribution in [0.5, 0.6) is 5.75 Å². The van der Waals surface area contributed by atoms with E-state index < -0.39 is 10.9 Å². The lowest BCUT2D eigenvalue weighted by atomic mass is 10.2. The van der Waals surface area contributed by atoms with E-state index in [2.05, 4.69) is 0 Å². The molecule has 0 spiro atoms. The van der Waals surface area contributed by atoms with Crippen LogP contribution in [0.1, 0.15) is 15.9 Å². The number of hydrogen-bond acceptors (Lipinski definition) is 7. The van der Waals surface area contributed by atoms with Gasteiger partial charge in [0.25, 0.3) is 11.6 Å². The average molecular weight is 463 g/mol. The minimum absolute atomic E-state index is 0.0767. The van der Waals surface area contributed by atoms with E-state index in [0.29, 0.717) is 14.9 Å². The molecular formula is C23H14N2O5S2. The second kappa shape index (κ2) is 9.13. The number of para-hydroxylation sites is 1. The number of anilines is 1. The van der Waals surface area contributed by atoms with Gasteiger partial charge in [-0.05, 0) is 42.0 Å². The monoisotopic (exact) mass is 462 g/mol. The van der Waals surface area contributed by atoms with Crippen LogP contribution in [0.15, 0.2) is 83.8 Å². The van der Waals surface area contributed by atoms with Crippen molar-refractivity contribution in [3.05, 3.63) is 105 Å². The summed E-state index contributed by atoms with van der Waals surface area (Å²) in [7, 11) is 0. The molecule has 32 heavy (non-hydrogen) atoms. The van der Waals surface area contributed by atoms with Crippen molar-refractivity contribution in [1.29, 1.82) is 0 Å². The van der Waals surface area contributed by atoms with Crippen LogP contribution in [-0.2, 0) is 4.79 Å². The average Bonchev–Trinajstić information content (AvgIpc) is 3.08. The summed E-state index contributed by atoms with van der Waals surface area (Å²) < 4.78 is 5.74. The molecule has 0 unspecified atom stereocenters. The first-order valence-corrected chi connectivity index (χ1v) is 10.5. The zero-order valence-corrected chi connectivity index (χ0v) is 18.0. The Balaban J connectivity index is 1.47. The van der Waals surface area contributed by atoms with E-state index in [9.17, 15) is 19.7 Å². The highest BCUT2D eigenvalue weighted by Crippen LogP contribution is 2.36. The van der Waals surface area contributed by atoms with Gasteiger partial charge in [0, 0.05) is 12.1 Å². The van der Waals surface area contributed by atoms with Crippen LogP contribution in [0.25, 0.3) is 6.08 Å². The molecule has 1 heterocycles. The molecule has 158 valence electrons. The van der Waals surface area contributed by atoms with Crippen LogP contribution in [0.4, 0.5) is 11.4 Å². The van der Waals surface area contributed by atoms with Gasteiger partial charge in [0.2, 0.25) is 0 Å². The molecule has 0 N–H and O–H groups in total. The standard InChI is InChI=1S/C23H14N2O5S2/c26-21-20(32-23(31)24(21)17-6-2-1-3-7-17)13-15-9-11-19(12-10-15)30-22(27)16-5-4-8-18(14-16)25(28)29/h1-14H/b20-13+. The number of benzene rings is 3. The summed E-state index contributed by atoms with van der Waals surface area (Å²) in [5.74, 6) is -0.631. The van der Waals surface area contributed by atoms with Crippen molar-refractivity contribution < 1.29 is 19.2 Å². The van der Waals surface area contributed by atoms with Crippen LogP contribution in [0, 0.1) is 10.1 Å². The van der Waals surface area contributed by atoms with Gasteiger partial charge in [0.1, 0.15) is 5.75 Å². The Kier molecular flexibility index (Phi) is 6.11. The molecule has 0 aliphatic carbocycles. The lowest BCUT2D eigenvalue weighted by Gasteiger charge is -2.13. The molecule has 7 nitrogen and oxygen atoms in total. The number of hydrogen-bond donors (Lipinski definition) is 0. The fourth-order valence-corrected chi connectivity index (χ4v) is 4.26. The van der Waals surface area contributed by atoms with Gasteiger partial charge in [0.15, 0.2) is 4.32 Å². The van der Waals surface area contributed by atoms with Crippen molar-refractivity contribution in [3.8, 4) is 5.75 Å². The number of nitrogens with zero attached hydrogens (tertiary/aromatic N) is 2. The minimum Gasteiger partial charge on any atom is -0.423 e. The summed E-state index contributed by atoms with van der Waals surface area (Å²) in [5, 5.41) is 10.9. The molecule has 1 aliphatic heterocycles. The van der Waals surface area contributed by atoms with E-state index in [1.165, 1.54) is 34.9 Å². The fraction of sp³-hybridized carbons (Fsp3) is 0. The first-order valence-electron chi connectivity index (χ1n) is 9.32. The summed E-state index contributed by atoms with van der Waals surface area (Å²) in [6.45, 7) is 0. The normalized spacial score (nSPS) is 14.6. The first-order chi connectivity index (χ1) is 15.4. The van der Waals surface area contributed by atoms with Crippen molar-refractivity contribution >= 4 is 57.6 Å². The van der Waals surface area contributed by atoms with E-state index in [1.54, 1.807) is 30.3 Å². The van der Waals surface area contributed by atoms with Gasteiger partial charge in [-0.25, -0.2) is 4.79 Å². The smallest absolute Gasteiger partial charge is 0.343 e. The van der Waals surface area contributed by atoms with E-state index in [-0.39, 0.29) is 22.9 Å². The van der Waals surface area contributed by atoms with Gasteiger partial charge in [-0.3, -0.25) is 19.8 Å². The molecule has 1 aliphatic rings. The topological polar surface area (TPSA) is 89.8 Å². The Labute approximate surface area is 192 Å². The second-order valence-corrected chi connectivity index (χ2v) is 8.29. The number of ether oxygens (including phenoxy) is 1. The molecule has 1 fully saturated rings. The SMILES string of the molecule is O=C(Oc1ccc(/C=C2/SC(=S)N(c3ccccc3)C2=O)cc1)c1cccc([N+](=O)[O-])c1. The van der Waals surface area contributed by atoms with Crippen molar-refractivity contribution in [1.82, 2.24) is 0 Å². The third kappa shape index (κ3) is 4.58. The zero-order chi connectivity index (χ0) is 22.7. The van der Waals surface area contributed by atoms with Crippen LogP contribution in [-0.4, -0.2) is 21.1 Å². The molecule has 0 bridgehead atoms. The number of nitro groups is 1. The minimum atomic E-state index is -0.704. The zero-order valence-electron chi connectivity index (χ0n) is 16.3. The van der Waals surface area contributed by atoms with E-state index in [1.807, 2.05) is 30.3 Å². The first kappa shape index (κ1) is 21.4. The molecule has 1 amide bonds. The maximum atomic E-state index is 12.8. The third-order valence-electron chi connectivity index (χ3n) is 4.49. The maximum absolute atomic E-state index is 12.8. The van der Waals surface area contributed by atoms with E-state index >= 15 is 0 Å². The number of amides is 1. The molecule has 3 aromatic carbocycles. The Morgan fingerprint density at radius 1 is 1.03 bits per heavy atom. The summed E-state index contributed by atoms with van der Waals surface area (Å²) in [4.78, 5) is 37.3. The van der Waals surface area contributed by atoms with Crippen LogP contribution < -0.4 is 9.64 Å². The van der Waals surface area contributed by atoms with E-state index in [4.69, 9.17) is 17.0 Å².